The number of hydrogen-bond donors (Lipinski definition) is 2. The highest BCUT2D eigenvalue weighted by molar-refractivity contribution is 9.10. The molecule has 0 aliphatic rings. The average molecular weight is 322 g/mol. The van der Waals surface area contributed by atoms with Gasteiger partial charge in [-0.15, -0.1) is 0 Å². The fourth-order valence-electron chi connectivity index (χ4n) is 1.18. The Hall–Kier alpha value is -0.630. The van der Waals surface area contributed by atoms with Crippen LogP contribution in [0.25, 0.3) is 0 Å². The van der Waals surface area contributed by atoms with Gasteiger partial charge in [-0.25, -0.2) is 13.1 Å². The van der Waals surface area contributed by atoms with Crippen LogP contribution in [0.2, 0.25) is 0 Å². The summed E-state index contributed by atoms with van der Waals surface area (Å²) in [6.45, 7) is 1.01. The second-order valence-electron chi connectivity index (χ2n) is 3.88. The molecular weight excluding hydrogens is 306 g/mol. The summed E-state index contributed by atoms with van der Waals surface area (Å²) in [5, 5.41) is 0. The Labute approximate surface area is 110 Å². The van der Waals surface area contributed by atoms with Gasteiger partial charge in [-0.05, 0) is 48.2 Å². The fourth-order valence-corrected chi connectivity index (χ4v) is 2.48. The van der Waals surface area contributed by atoms with E-state index in [1.807, 2.05) is 19.0 Å². The molecule has 5 nitrogen and oxygen atoms in total. The molecule has 0 heterocycles. The molecule has 0 spiro atoms. The molecule has 1 aromatic carbocycles. The van der Waals surface area contributed by atoms with E-state index in [0.29, 0.717) is 23.2 Å². The molecule has 0 atom stereocenters. The standard InChI is InChI=1S/C10H16BrN3O2S/c1-14(2)6-5-13-17(15,16)8-3-4-9(11)10(12)7-8/h3-4,7,13H,5-6,12H2,1-2H3. The van der Waals surface area contributed by atoms with Crippen LogP contribution in [0, 0.1) is 0 Å². The van der Waals surface area contributed by atoms with E-state index in [4.69, 9.17) is 5.73 Å². The van der Waals surface area contributed by atoms with E-state index in [-0.39, 0.29) is 4.90 Å². The third-order valence-corrected chi connectivity index (χ3v) is 4.31. The molecule has 0 aliphatic carbocycles. The lowest BCUT2D eigenvalue weighted by Crippen LogP contribution is -2.31. The van der Waals surface area contributed by atoms with Crippen LogP contribution in [0.1, 0.15) is 0 Å². The highest BCUT2D eigenvalue weighted by Crippen LogP contribution is 2.22. The van der Waals surface area contributed by atoms with Crippen molar-refractivity contribution < 1.29 is 8.42 Å². The van der Waals surface area contributed by atoms with Crippen molar-refractivity contribution in [3.05, 3.63) is 22.7 Å². The Bertz CT molecular complexity index is 488. The van der Waals surface area contributed by atoms with E-state index < -0.39 is 10.0 Å². The number of nitrogens with zero attached hydrogens (tertiary/aromatic N) is 1. The van der Waals surface area contributed by atoms with Gasteiger partial charge in [-0.2, -0.15) is 0 Å². The number of hydrogen-bond acceptors (Lipinski definition) is 4. The maximum absolute atomic E-state index is 11.9. The van der Waals surface area contributed by atoms with Crippen molar-refractivity contribution in [3.8, 4) is 0 Å². The van der Waals surface area contributed by atoms with Gasteiger partial charge in [0.2, 0.25) is 10.0 Å². The minimum absolute atomic E-state index is 0.178. The zero-order valence-corrected chi connectivity index (χ0v) is 12.2. The third kappa shape index (κ3) is 4.27. The van der Waals surface area contributed by atoms with Gasteiger partial charge in [0.1, 0.15) is 0 Å². The Morgan fingerprint density at radius 2 is 2.06 bits per heavy atom. The van der Waals surface area contributed by atoms with Crippen molar-refractivity contribution >= 4 is 31.6 Å². The average Bonchev–Trinajstić information content (AvgIpc) is 2.21. The van der Waals surface area contributed by atoms with Crippen LogP contribution in [-0.2, 0) is 10.0 Å². The molecule has 0 aliphatic heterocycles. The van der Waals surface area contributed by atoms with Crippen molar-refractivity contribution in [2.45, 2.75) is 4.90 Å². The van der Waals surface area contributed by atoms with Crippen LogP contribution >= 0.6 is 15.9 Å². The molecule has 0 aromatic heterocycles. The first-order valence-electron chi connectivity index (χ1n) is 5.02. The first kappa shape index (κ1) is 14.4. The maximum Gasteiger partial charge on any atom is 0.240 e. The van der Waals surface area contributed by atoms with Gasteiger partial charge in [-0.1, -0.05) is 0 Å². The lowest BCUT2D eigenvalue weighted by Gasteiger charge is -2.11. The van der Waals surface area contributed by atoms with E-state index >= 15 is 0 Å². The number of rotatable bonds is 5. The second-order valence-corrected chi connectivity index (χ2v) is 6.51. The normalized spacial score (nSPS) is 12.0. The summed E-state index contributed by atoms with van der Waals surface area (Å²) in [7, 11) is 0.289. The minimum Gasteiger partial charge on any atom is -0.398 e. The minimum atomic E-state index is -3.47. The van der Waals surface area contributed by atoms with Crippen molar-refractivity contribution in [3.63, 3.8) is 0 Å². The van der Waals surface area contributed by atoms with E-state index in [1.165, 1.54) is 12.1 Å². The molecule has 1 rings (SSSR count). The number of benzene rings is 1. The van der Waals surface area contributed by atoms with Gasteiger partial charge in [0.05, 0.1) is 4.90 Å². The number of anilines is 1. The summed E-state index contributed by atoms with van der Waals surface area (Å²) in [5.74, 6) is 0. The number of nitrogens with one attached hydrogen (secondary N) is 1. The van der Waals surface area contributed by atoms with Gasteiger partial charge in [-0.3, -0.25) is 0 Å². The van der Waals surface area contributed by atoms with E-state index in [1.54, 1.807) is 6.07 Å². The molecule has 96 valence electrons. The maximum atomic E-state index is 11.9. The number of halogens is 1. The molecule has 0 amide bonds. The van der Waals surface area contributed by atoms with Gasteiger partial charge >= 0.3 is 0 Å². The Kier molecular flexibility index (Phi) is 4.93. The van der Waals surface area contributed by atoms with Crippen LogP contribution in [0.3, 0.4) is 0 Å². The summed E-state index contributed by atoms with van der Waals surface area (Å²) in [6, 6.07) is 4.57. The molecule has 17 heavy (non-hydrogen) atoms. The lowest BCUT2D eigenvalue weighted by atomic mass is 10.3. The van der Waals surface area contributed by atoms with Gasteiger partial charge in [0, 0.05) is 23.2 Å². The predicted octanol–water partition coefficient (Wildman–Crippen LogP) is 0.871. The van der Waals surface area contributed by atoms with Crippen LogP contribution in [0.15, 0.2) is 27.6 Å². The van der Waals surface area contributed by atoms with Gasteiger partial charge in [0.25, 0.3) is 0 Å². The Balaban J connectivity index is 2.79. The van der Waals surface area contributed by atoms with Crippen LogP contribution in [0.5, 0.6) is 0 Å². The van der Waals surface area contributed by atoms with Crippen molar-refractivity contribution in [2.24, 2.45) is 0 Å². The van der Waals surface area contributed by atoms with Gasteiger partial charge in [0.15, 0.2) is 0 Å². The second kappa shape index (κ2) is 5.81. The molecule has 1 aromatic rings. The summed E-state index contributed by atoms with van der Waals surface area (Å²) >= 11 is 3.22. The molecule has 3 N–H and O–H groups in total. The van der Waals surface area contributed by atoms with Crippen LogP contribution in [0.4, 0.5) is 5.69 Å². The predicted molar refractivity (Wildman–Crippen MR) is 72.3 cm³/mol. The number of nitrogen functional groups attached to an aromatic ring is 1. The van der Waals surface area contributed by atoms with Crippen LogP contribution in [-0.4, -0.2) is 40.5 Å². The number of nitrogens with two attached hydrogens (primary N) is 1. The Morgan fingerprint density at radius 1 is 1.41 bits per heavy atom. The van der Waals surface area contributed by atoms with Crippen LogP contribution < -0.4 is 10.5 Å². The summed E-state index contributed by atoms with van der Waals surface area (Å²) in [6.07, 6.45) is 0. The highest BCUT2D eigenvalue weighted by Gasteiger charge is 2.14. The lowest BCUT2D eigenvalue weighted by molar-refractivity contribution is 0.412. The summed E-state index contributed by atoms with van der Waals surface area (Å²) < 4.78 is 27.0. The smallest absolute Gasteiger partial charge is 0.240 e. The monoisotopic (exact) mass is 321 g/mol. The molecule has 0 bridgehead atoms. The molecule has 0 radical (unpaired) electrons. The topological polar surface area (TPSA) is 75.4 Å². The first-order chi connectivity index (χ1) is 7.83. The quantitative estimate of drug-likeness (QED) is 0.789. The number of likely N-dealkylation sites (N-methyl/N-ethyl adjacent to an activating group) is 1. The SMILES string of the molecule is CN(C)CCNS(=O)(=O)c1ccc(Br)c(N)c1. The largest absolute Gasteiger partial charge is 0.398 e. The molecule has 0 fully saturated rings. The summed E-state index contributed by atoms with van der Waals surface area (Å²) in [4.78, 5) is 2.08. The molecule has 0 saturated heterocycles. The first-order valence-corrected chi connectivity index (χ1v) is 7.30. The molecule has 0 saturated carbocycles. The zero-order chi connectivity index (χ0) is 13.1. The van der Waals surface area contributed by atoms with Crippen molar-refractivity contribution in [2.75, 3.05) is 32.9 Å². The Morgan fingerprint density at radius 3 is 2.59 bits per heavy atom. The zero-order valence-electron chi connectivity index (χ0n) is 9.77. The third-order valence-electron chi connectivity index (χ3n) is 2.13. The van der Waals surface area contributed by atoms with Crippen molar-refractivity contribution in [1.82, 2.24) is 9.62 Å². The van der Waals surface area contributed by atoms with E-state index in [0.717, 1.165) is 0 Å². The molecule has 0 unspecified atom stereocenters. The highest BCUT2D eigenvalue weighted by atomic mass is 79.9. The number of sulfonamides is 1. The van der Waals surface area contributed by atoms with E-state index in [9.17, 15) is 8.42 Å². The van der Waals surface area contributed by atoms with Gasteiger partial charge < -0.3 is 10.6 Å². The molecule has 7 heteroatoms. The summed E-state index contributed by atoms with van der Waals surface area (Å²) in [5.41, 5.74) is 6.05. The fraction of sp³-hybridized carbons (Fsp3) is 0.400. The van der Waals surface area contributed by atoms with Crippen molar-refractivity contribution in [1.29, 1.82) is 0 Å². The molecular formula is C10H16BrN3O2S. The van der Waals surface area contributed by atoms with E-state index in [2.05, 4.69) is 20.7 Å².